The Morgan fingerprint density at radius 3 is 2.07 bits per heavy atom. The van der Waals surface area contributed by atoms with E-state index in [1.165, 1.54) is 12.1 Å². The average molecular weight is 440 g/mol. The van der Waals surface area contributed by atoms with Gasteiger partial charge in [-0.1, -0.05) is 41.4 Å². The number of hydrogen-bond donors (Lipinski definition) is 3. The molecule has 0 amide bonds. The van der Waals surface area contributed by atoms with Crippen molar-refractivity contribution in [2.24, 2.45) is 0 Å². The van der Waals surface area contributed by atoms with Gasteiger partial charge in [0.15, 0.2) is 0 Å². The normalized spacial score (nSPS) is 13.6. The van der Waals surface area contributed by atoms with Crippen LogP contribution in [-0.4, -0.2) is 33.3 Å². The van der Waals surface area contributed by atoms with Gasteiger partial charge in [0.2, 0.25) is 5.54 Å². The van der Waals surface area contributed by atoms with E-state index >= 15 is 0 Å². The number of carbonyl (C=O) groups excluding carboxylic acids is 1. The summed E-state index contributed by atoms with van der Waals surface area (Å²) in [7, 11) is 0. The predicted octanol–water partition coefficient (Wildman–Crippen LogP) is 4.20. The topological polar surface area (TPSA) is 95.9 Å². The number of carboxylic acid groups (broad SMARTS) is 1. The third-order valence-corrected chi connectivity index (χ3v) is 4.85. The van der Waals surface area contributed by atoms with Crippen molar-refractivity contribution in [1.29, 1.82) is 0 Å². The Morgan fingerprint density at radius 2 is 1.59 bits per heavy atom. The van der Waals surface area contributed by atoms with Crippen LogP contribution >= 0.6 is 23.2 Å². The van der Waals surface area contributed by atoms with Crippen molar-refractivity contribution in [1.82, 2.24) is 5.32 Å². The molecule has 3 N–H and O–H groups in total. The van der Waals surface area contributed by atoms with Crippen LogP contribution in [0.3, 0.4) is 0 Å². The number of halogens is 2. The van der Waals surface area contributed by atoms with Gasteiger partial charge in [-0.2, -0.15) is 0 Å². The summed E-state index contributed by atoms with van der Waals surface area (Å²) in [4.78, 5) is 25.3. The zero-order valence-corrected chi connectivity index (χ0v) is 17.8. The molecule has 29 heavy (non-hydrogen) atoms. The third-order valence-electron chi connectivity index (χ3n) is 4.15. The summed E-state index contributed by atoms with van der Waals surface area (Å²) in [5.74, 6) is -2.31. The number of hydrogen-bond acceptors (Lipinski definition) is 5. The molecule has 0 fully saturated rings. The Hall–Kier alpha value is -2.28. The first kappa shape index (κ1) is 23.0. The number of phenols is 1. The second-order valence-corrected chi connectivity index (χ2v) is 8.42. The molecule has 2 aromatic rings. The van der Waals surface area contributed by atoms with Gasteiger partial charge >= 0.3 is 11.9 Å². The van der Waals surface area contributed by atoms with Crippen LogP contribution in [0.5, 0.6) is 5.75 Å². The van der Waals surface area contributed by atoms with Crippen molar-refractivity contribution in [2.75, 3.05) is 0 Å². The highest BCUT2D eigenvalue weighted by atomic mass is 35.5. The lowest BCUT2D eigenvalue weighted by Gasteiger charge is -2.32. The Kier molecular flexibility index (Phi) is 7.16. The zero-order valence-electron chi connectivity index (χ0n) is 16.3. The van der Waals surface area contributed by atoms with Gasteiger partial charge in [-0.05, 0) is 50.6 Å². The molecule has 0 saturated carbocycles. The monoisotopic (exact) mass is 439 g/mol. The number of aliphatic carboxylic acids is 1. The minimum Gasteiger partial charge on any atom is -0.508 e. The van der Waals surface area contributed by atoms with E-state index in [0.717, 1.165) is 0 Å². The van der Waals surface area contributed by atoms with E-state index in [9.17, 15) is 19.8 Å². The van der Waals surface area contributed by atoms with Crippen LogP contribution in [-0.2, 0) is 27.3 Å². The van der Waals surface area contributed by atoms with E-state index in [1.54, 1.807) is 51.1 Å². The number of nitrogens with one attached hydrogen (secondary N) is 1. The van der Waals surface area contributed by atoms with Crippen molar-refractivity contribution in [3.05, 3.63) is 63.6 Å². The van der Waals surface area contributed by atoms with E-state index in [1.807, 2.05) is 0 Å². The molecule has 0 radical (unpaired) electrons. The molecule has 1 atom stereocenters. The fourth-order valence-electron chi connectivity index (χ4n) is 2.67. The molecule has 0 aromatic heterocycles. The van der Waals surface area contributed by atoms with Gasteiger partial charge in [0.05, 0.1) is 0 Å². The van der Waals surface area contributed by atoms with Crippen LogP contribution in [0, 0.1) is 0 Å². The molecule has 8 heteroatoms. The van der Waals surface area contributed by atoms with Crippen molar-refractivity contribution >= 4 is 35.1 Å². The molecule has 2 rings (SSSR count). The van der Waals surface area contributed by atoms with Crippen LogP contribution in [0.15, 0.2) is 42.5 Å². The second kappa shape index (κ2) is 9.03. The number of ether oxygens (including phenoxy) is 1. The lowest BCUT2D eigenvalue weighted by molar-refractivity contribution is -0.171. The third kappa shape index (κ3) is 5.85. The summed E-state index contributed by atoms with van der Waals surface area (Å²) in [6.45, 7) is 4.90. The minimum absolute atomic E-state index is 0.0303. The fourth-order valence-corrected chi connectivity index (χ4v) is 3.20. The molecular weight excluding hydrogens is 417 g/mol. The van der Waals surface area contributed by atoms with Gasteiger partial charge in [0.1, 0.15) is 11.4 Å². The Labute approximate surface area is 179 Å². The molecule has 0 unspecified atom stereocenters. The number of aromatic hydroxyl groups is 1. The van der Waals surface area contributed by atoms with Gasteiger partial charge in [0, 0.05) is 28.6 Å². The van der Waals surface area contributed by atoms with Crippen LogP contribution in [0.4, 0.5) is 0 Å². The van der Waals surface area contributed by atoms with E-state index in [2.05, 4.69) is 5.32 Å². The molecule has 2 aromatic carbocycles. The smallest absolute Gasteiger partial charge is 0.338 e. The summed E-state index contributed by atoms with van der Waals surface area (Å²) in [6.07, 6.45) is -0.209. The van der Waals surface area contributed by atoms with Crippen LogP contribution < -0.4 is 5.32 Å². The lowest BCUT2D eigenvalue weighted by atomic mass is 9.89. The van der Waals surface area contributed by atoms with E-state index in [4.69, 9.17) is 27.9 Å². The van der Waals surface area contributed by atoms with Crippen molar-refractivity contribution in [2.45, 2.75) is 44.9 Å². The Balaban J connectivity index is 2.45. The van der Waals surface area contributed by atoms with Crippen LogP contribution in [0.25, 0.3) is 0 Å². The number of rotatable bonds is 7. The van der Waals surface area contributed by atoms with Gasteiger partial charge < -0.3 is 14.9 Å². The second-order valence-electron chi connectivity index (χ2n) is 7.61. The minimum atomic E-state index is -2.09. The lowest BCUT2D eigenvalue weighted by Crippen LogP contribution is -2.61. The molecular formula is C21H23Cl2NO5. The first-order chi connectivity index (χ1) is 13.4. The summed E-state index contributed by atoms with van der Waals surface area (Å²) in [5.41, 5.74) is -1.99. The van der Waals surface area contributed by atoms with Gasteiger partial charge in [-0.15, -0.1) is 0 Å². The summed E-state index contributed by atoms with van der Waals surface area (Å²) < 4.78 is 5.41. The maximum Gasteiger partial charge on any atom is 0.338 e. The number of carbonyl (C=O) groups is 2. The highest BCUT2D eigenvalue weighted by Crippen LogP contribution is 2.27. The van der Waals surface area contributed by atoms with Crippen molar-refractivity contribution in [3.63, 3.8) is 0 Å². The van der Waals surface area contributed by atoms with Crippen molar-refractivity contribution < 1.29 is 24.5 Å². The molecule has 156 valence electrons. The van der Waals surface area contributed by atoms with E-state index < -0.39 is 23.1 Å². The fraction of sp³-hybridized carbons (Fsp3) is 0.333. The molecule has 0 aliphatic rings. The molecule has 0 saturated heterocycles. The van der Waals surface area contributed by atoms with Crippen LogP contribution in [0.1, 0.15) is 31.9 Å². The maximum absolute atomic E-state index is 13.0. The van der Waals surface area contributed by atoms with E-state index in [-0.39, 0.29) is 18.7 Å². The zero-order chi connectivity index (χ0) is 21.8. The maximum atomic E-state index is 13.0. The molecule has 0 heterocycles. The summed E-state index contributed by atoms with van der Waals surface area (Å²) in [5, 5.41) is 23.0. The first-order valence-corrected chi connectivity index (χ1v) is 9.63. The number of benzene rings is 2. The first-order valence-electron chi connectivity index (χ1n) is 8.87. The predicted molar refractivity (Wildman–Crippen MR) is 111 cm³/mol. The molecule has 0 aliphatic heterocycles. The average Bonchev–Trinajstić information content (AvgIpc) is 2.60. The van der Waals surface area contributed by atoms with E-state index in [0.29, 0.717) is 21.2 Å². The SMILES string of the molecule is CC(C)(C)OC(=O)[C@](Cc1ccc(O)cc1)(NCc1c(Cl)cccc1Cl)C(=O)O. The molecule has 0 aliphatic carbocycles. The quantitative estimate of drug-likeness (QED) is 0.441. The van der Waals surface area contributed by atoms with Gasteiger partial charge in [-0.25, -0.2) is 9.59 Å². The molecule has 0 bridgehead atoms. The summed E-state index contributed by atoms with van der Waals surface area (Å²) in [6, 6.07) is 10.8. The Morgan fingerprint density at radius 1 is 1.03 bits per heavy atom. The largest absolute Gasteiger partial charge is 0.508 e. The molecule has 6 nitrogen and oxygen atoms in total. The van der Waals surface area contributed by atoms with Crippen molar-refractivity contribution in [3.8, 4) is 5.75 Å². The summed E-state index contributed by atoms with van der Waals surface area (Å²) >= 11 is 12.4. The van der Waals surface area contributed by atoms with Gasteiger partial charge in [0.25, 0.3) is 0 Å². The highest BCUT2D eigenvalue weighted by molar-refractivity contribution is 6.36. The standard InChI is InChI=1S/C21H23Cl2NO5/c1-20(2,3)29-19(28)21(18(26)27,11-13-7-9-14(25)10-8-13)24-12-15-16(22)5-4-6-17(15)23/h4-10,24-25H,11-12H2,1-3H3,(H,26,27)/t21-/m1/s1. The van der Waals surface area contributed by atoms with Gasteiger partial charge in [-0.3, -0.25) is 5.32 Å². The van der Waals surface area contributed by atoms with Crippen LogP contribution in [0.2, 0.25) is 10.0 Å². The Bertz CT molecular complexity index is 873. The number of esters is 1. The number of carboxylic acids is 1. The number of phenolic OH excluding ortho intramolecular Hbond substituents is 1. The molecule has 0 spiro atoms. The highest BCUT2D eigenvalue weighted by Gasteiger charge is 2.49.